The fraction of sp³-hybridized carbons (Fsp3) is 0.600. The van der Waals surface area contributed by atoms with E-state index in [0.29, 0.717) is 12.2 Å². The summed E-state index contributed by atoms with van der Waals surface area (Å²) in [5.41, 5.74) is 0.790. The summed E-state index contributed by atoms with van der Waals surface area (Å²) in [5, 5.41) is 0. The third-order valence-electron chi connectivity index (χ3n) is 2.10. The Balaban J connectivity index is 2.89. The maximum atomic E-state index is 13.4. The van der Waals surface area contributed by atoms with Crippen LogP contribution in [0.2, 0.25) is 0 Å². The Kier molecular flexibility index (Phi) is 2.90. The predicted molar refractivity (Wildman–Crippen MR) is 47.3 cm³/mol. The van der Waals surface area contributed by atoms with E-state index in [9.17, 15) is 4.39 Å². The molecule has 0 saturated heterocycles. The van der Waals surface area contributed by atoms with Crippen LogP contribution in [0.4, 0.5) is 4.39 Å². The minimum absolute atomic E-state index is 0.154. The number of allylic oxidation sites excluding steroid dienone is 4. The molecule has 1 rings (SSSR count). The molecule has 0 aliphatic heterocycles. The van der Waals surface area contributed by atoms with Crippen LogP contribution in [0.1, 0.15) is 26.7 Å². The number of methoxy groups -OCH3 is 1. The summed E-state index contributed by atoms with van der Waals surface area (Å²) in [6.07, 6.45) is 3.55. The van der Waals surface area contributed by atoms with E-state index in [1.165, 1.54) is 7.11 Å². The largest absolute Gasteiger partial charge is 0.498 e. The number of ether oxygens (including phenoxy) is 1. The van der Waals surface area contributed by atoms with Crippen LogP contribution < -0.4 is 0 Å². The van der Waals surface area contributed by atoms with Crippen molar-refractivity contribution in [3.05, 3.63) is 23.2 Å². The van der Waals surface area contributed by atoms with E-state index in [0.717, 1.165) is 12.0 Å². The first-order chi connectivity index (χ1) is 5.66. The molecule has 0 atom stereocenters. The molecule has 12 heavy (non-hydrogen) atoms. The van der Waals surface area contributed by atoms with Gasteiger partial charge < -0.3 is 4.74 Å². The van der Waals surface area contributed by atoms with Gasteiger partial charge >= 0.3 is 0 Å². The average Bonchev–Trinajstić information content (AvgIpc) is 2.04. The molecule has 0 fully saturated rings. The van der Waals surface area contributed by atoms with Crippen molar-refractivity contribution in [3.8, 4) is 0 Å². The molecule has 0 amide bonds. The van der Waals surface area contributed by atoms with Gasteiger partial charge in [-0.25, -0.2) is 4.39 Å². The molecule has 0 unspecified atom stereocenters. The number of halogens is 1. The van der Waals surface area contributed by atoms with E-state index < -0.39 is 0 Å². The Hall–Kier alpha value is -0.790. The van der Waals surface area contributed by atoms with Crippen molar-refractivity contribution in [2.24, 2.45) is 5.92 Å². The second-order valence-electron chi connectivity index (χ2n) is 3.29. The van der Waals surface area contributed by atoms with Gasteiger partial charge in [-0.15, -0.1) is 0 Å². The number of hydrogen-bond donors (Lipinski definition) is 0. The lowest BCUT2D eigenvalue weighted by Crippen LogP contribution is -2.04. The van der Waals surface area contributed by atoms with Crippen molar-refractivity contribution < 1.29 is 9.13 Å². The second kappa shape index (κ2) is 3.74. The molecular weight excluding hydrogens is 155 g/mol. The second-order valence-corrected chi connectivity index (χ2v) is 3.29. The van der Waals surface area contributed by atoms with E-state index >= 15 is 0 Å². The molecule has 0 saturated carbocycles. The van der Waals surface area contributed by atoms with Gasteiger partial charge in [0.2, 0.25) is 0 Å². The average molecular weight is 170 g/mol. The highest BCUT2D eigenvalue weighted by Gasteiger charge is 2.18. The normalized spacial score (nSPS) is 18.2. The third-order valence-corrected chi connectivity index (χ3v) is 2.10. The Morgan fingerprint density at radius 2 is 2.17 bits per heavy atom. The fourth-order valence-electron chi connectivity index (χ4n) is 1.40. The molecule has 1 aliphatic carbocycles. The number of rotatable bonds is 2. The van der Waals surface area contributed by atoms with Gasteiger partial charge in [0.25, 0.3) is 0 Å². The van der Waals surface area contributed by atoms with Crippen LogP contribution in [0.5, 0.6) is 0 Å². The maximum absolute atomic E-state index is 13.4. The van der Waals surface area contributed by atoms with Gasteiger partial charge in [-0.1, -0.05) is 19.9 Å². The van der Waals surface area contributed by atoms with E-state index in [1.807, 2.05) is 19.9 Å². The van der Waals surface area contributed by atoms with Crippen molar-refractivity contribution in [1.29, 1.82) is 0 Å². The number of hydrogen-bond acceptors (Lipinski definition) is 1. The molecule has 68 valence electrons. The van der Waals surface area contributed by atoms with Crippen LogP contribution in [0, 0.1) is 5.92 Å². The standard InChI is InChI=1S/C10H15FO/c1-7(2)8-5-4-6-9(12-3)10(8)11/h5,7H,4,6H2,1-3H3. The van der Waals surface area contributed by atoms with Crippen LogP contribution >= 0.6 is 0 Å². The monoisotopic (exact) mass is 170 g/mol. The first-order valence-electron chi connectivity index (χ1n) is 4.30. The molecule has 0 aromatic carbocycles. The lowest BCUT2D eigenvalue weighted by atomic mass is 9.95. The molecule has 1 aliphatic rings. The molecular formula is C10H15FO. The molecule has 0 spiro atoms. The first kappa shape index (κ1) is 9.30. The zero-order chi connectivity index (χ0) is 9.14. The Bertz CT molecular complexity index is 226. The van der Waals surface area contributed by atoms with Crippen molar-refractivity contribution in [2.75, 3.05) is 7.11 Å². The van der Waals surface area contributed by atoms with Crippen LogP contribution in [-0.4, -0.2) is 7.11 Å². The van der Waals surface area contributed by atoms with Crippen molar-refractivity contribution in [2.45, 2.75) is 26.7 Å². The van der Waals surface area contributed by atoms with Gasteiger partial charge in [0, 0.05) is 6.42 Å². The summed E-state index contributed by atoms with van der Waals surface area (Å²) in [4.78, 5) is 0. The molecule has 0 radical (unpaired) electrons. The van der Waals surface area contributed by atoms with E-state index in [-0.39, 0.29) is 11.7 Å². The Morgan fingerprint density at radius 3 is 2.67 bits per heavy atom. The van der Waals surface area contributed by atoms with Crippen LogP contribution in [0.3, 0.4) is 0 Å². The lowest BCUT2D eigenvalue weighted by molar-refractivity contribution is 0.258. The lowest BCUT2D eigenvalue weighted by Gasteiger charge is -2.17. The van der Waals surface area contributed by atoms with E-state index in [1.54, 1.807) is 0 Å². The first-order valence-corrected chi connectivity index (χ1v) is 4.30. The SMILES string of the molecule is COC1=C(F)C(C(C)C)=CCC1. The minimum Gasteiger partial charge on any atom is -0.498 e. The third kappa shape index (κ3) is 1.68. The highest BCUT2D eigenvalue weighted by molar-refractivity contribution is 5.32. The van der Waals surface area contributed by atoms with Gasteiger partial charge in [0.15, 0.2) is 5.83 Å². The van der Waals surface area contributed by atoms with Crippen molar-refractivity contribution in [3.63, 3.8) is 0 Å². The zero-order valence-electron chi connectivity index (χ0n) is 7.86. The highest BCUT2D eigenvalue weighted by Crippen LogP contribution is 2.30. The van der Waals surface area contributed by atoms with Crippen molar-refractivity contribution in [1.82, 2.24) is 0 Å². The molecule has 0 aromatic rings. The zero-order valence-corrected chi connectivity index (χ0v) is 7.86. The molecule has 0 N–H and O–H groups in total. The van der Waals surface area contributed by atoms with Gasteiger partial charge in [-0.2, -0.15) is 0 Å². The highest BCUT2D eigenvalue weighted by atomic mass is 19.1. The van der Waals surface area contributed by atoms with Crippen LogP contribution in [-0.2, 0) is 4.74 Å². The molecule has 0 bridgehead atoms. The topological polar surface area (TPSA) is 9.23 Å². The maximum Gasteiger partial charge on any atom is 0.163 e. The summed E-state index contributed by atoms with van der Waals surface area (Å²) in [6, 6.07) is 0. The summed E-state index contributed by atoms with van der Waals surface area (Å²) < 4.78 is 18.4. The van der Waals surface area contributed by atoms with Gasteiger partial charge in [-0.05, 0) is 17.9 Å². The summed E-state index contributed by atoms with van der Waals surface area (Å²) in [5.74, 6) is 0.593. The smallest absolute Gasteiger partial charge is 0.163 e. The van der Waals surface area contributed by atoms with Crippen LogP contribution in [0.15, 0.2) is 23.2 Å². The molecule has 0 heterocycles. The van der Waals surface area contributed by atoms with Gasteiger partial charge in [0.1, 0.15) is 5.76 Å². The fourth-order valence-corrected chi connectivity index (χ4v) is 1.40. The predicted octanol–water partition coefficient (Wildman–Crippen LogP) is 3.19. The van der Waals surface area contributed by atoms with Crippen LogP contribution in [0.25, 0.3) is 0 Å². The quantitative estimate of drug-likeness (QED) is 0.618. The van der Waals surface area contributed by atoms with Crippen molar-refractivity contribution >= 4 is 0 Å². The van der Waals surface area contributed by atoms with Gasteiger partial charge in [0.05, 0.1) is 7.11 Å². The Labute approximate surface area is 72.9 Å². The summed E-state index contributed by atoms with van der Waals surface area (Å²) in [6.45, 7) is 3.98. The minimum atomic E-state index is -0.154. The summed E-state index contributed by atoms with van der Waals surface area (Å²) >= 11 is 0. The van der Waals surface area contributed by atoms with E-state index in [4.69, 9.17) is 4.74 Å². The Morgan fingerprint density at radius 1 is 1.50 bits per heavy atom. The molecule has 0 aromatic heterocycles. The van der Waals surface area contributed by atoms with Gasteiger partial charge in [-0.3, -0.25) is 0 Å². The van der Waals surface area contributed by atoms with E-state index in [2.05, 4.69) is 0 Å². The summed E-state index contributed by atoms with van der Waals surface area (Å²) in [7, 11) is 1.53. The molecule has 1 nitrogen and oxygen atoms in total. The molecule has 2 heteroatoms.